The van der Waals surface area contributed by atoms with Gasteiger partial charge in [0.05, 0.1) is 16.0 Å². The first-order valence-corrected chi connectivity index (χ1v) is 8.59. The Kier molecular flexibility index (Phi) is 4.91. The van der Waals surface area contributed by atoms with Crippen LogP contribution in [0.5, 0.6) is 5.75 Å². The third-order valence-corrected chi connectivity index (χ3v) is 5.22. The van der Waals surface area contributed by atoms with E-state index < -0.39 is 39.2 Å². The number of carboxylic acids is 1. The number of rotatable bonds is 4. The van der Waals surface area contributed by atoms with E-state index in [9.17, 15) is 31.5 Å². The van der Waals surface area contributed by atoms with Crippen LogP contribution in [-0.2, 0) is 16.2 Å². The van der Waals surface area contributed by atoms with Crippen LogP contribution in [0.1, 0.15) is 27.0 Å². The molecule has 0 saturated heterocycles. The molecule has 2 aromatic carbocycles. The second-order valence-corrected chi connectivity index (χ2v) is 7.21. The highest BCUT2D eigenvalue weighted by Crippen LogP contribution is 2.37. The highest BCUT2D eigenvalue weighted by atomic mass is 32.2. The van der Waals surface area contributed by atoms with Crippen LogP contribution in [0.15, 0.2) is 35.2 Å². The first-order valence-electron chi connectivity index (χ1n) is 7.10. The zero-order chi connectivity index (χ0) is 19.9. The summed E-state index contributed by atoms with van der Waals surface area (Å²) in [5, 5.41) is 18.4. The molecule has 0 aromatic heterocycles. The fourth-order valence-electron chi connectivity index (χ4n) is 2.27. The van der Waals surface area contributed by atoms with Gasteiger partial charge < -0.3 is 10.2 Å². The lowest BCUT2D eigenvalue weighted by Gasteiger charge is -2.15. The Morgan fingerprint density at radius 1 is 1.12 bits per heavy atom. The van der Waals surface area contributed by atoms with Crippen molar-refractivity contribution >= 4 is 21.7 Å². The van der Waals surface area contributed by atoms with E-state index in [4.69, 9.17) is 5.11 Å². The number of halogens is 3. The Morgan fingerprint density at radius 2 is 1.73 bits per heavy atom. The van der Waals surface area contributed by atoms with Gasteiger partial charge in [-0.3, -0.25) is 4.72 Å². The summed E-state index contributed by atoms with van der Waals surface area (Å²) in [6.45, 7) is 2.97. The van der Waals surface area contributed by atoms with E-state index in [1.807, 2.05) is 4.72 Å². The molecule has 140 valence electrons. The Balaban J connectivity index is 2.52. The van der Waals surface area contributed by atoms with Gasteiger partial charge in [0, 0.05) is 5.69 Å². The van der Waals surface area contributed by atoms with Gasteiger partial charge in [-0.1, -0.05) is 0 Å². The number of nitrogens with one attached hydrogen (secondary N) is 1. The minimum Gasteiger partial charge on any atom is -0.507 e. The van der Waals surface area contributed by atoms with Crippen molar-refractivity contribution in [2.45, 2.75) is 24.9 Å². The quantitative estimate of drug-likeness (QED) is 0.694. The number of aryl methyl sites for hydroxylation is 1. The molecule has 6 nitrogen and oxygen atoms in total. The van der Waals surface area contributed by atoms with Crippen molar-refractivity contribution in [1.29, 1.82) is 0 Å². The van der Waals surface area contributed by atoms with Crippen LogP contribution < -0.4 is 4.72 Å². The van der Waals surface area contributed by atoms with Crippen LogP contribution in [0.4, 0.5) is 18.9 Å². The number of aromatic carboxylic acids is 1. The maximum atomic E-state index is 12.8. The van der Waals surface area contributed by atoms with Crippen molar-refractivity contribution in [3.05, 3.63) is 52.6 Å². The fraction of sp³-hybridized carbons (Fsp3) is 0.188. The summed E-state index contributed by atoms with van der Waals surface area (Å²) in [6, 6.07) is 4.35. The minimum absolute atomic E-state index is 0.261. The minimum atomic E-state index is -4.87. The monoisotopic (exact) mass is 389 g/mol. The number of aromatic hydroxyl groups is 1. The summed E-state index contributed by atoms with van der Waals surface area (Å²) >= 11 is 0. The number of carboxylic acid groups (broad SMARTS) is 1. The molecule has 0 unspecified atom stereocenters. The van der Waals surface area contributed by atoms with E-state index >= 15 is 0 Å². The number of hydrogen-bond acceptors (Lipinski definition) is 4. The van der Waals surface area contributed by atoms with Crippen molar-refractivity contribution < 1.29 is 36.6 Å². The maximum Gasteiger partial charge on any atom is 0.420 e. The Morgan fingerprint density at radius 3 is 2.27 bits per heavy atom. The molecule has 0 heterocycles. The SMILES string of the molecule is Cc1cc(C(=O)O)cc(S(=O)(=O)Nc2ccc(O)c(C(F)(F)F)c2)c1C. The molecule has 0 bridgehead atoms. The number of carbonyl (C=O) groups is 1. The highest BCUT2D eigenvalue weighted by molar-refractivity contribution is 7.92. The Hall–Kier alpha value is -2.75. The second kappa shape index (κ2) is 6.52. The van der Waals surface area contributed by atoms with Crippen molar-refractivity contribution in [3.63, 3.8) is 0 Å². The van der Waals surface area contributed by atoms with Gasteiger partial charge in [0.25, 0.3) is 10.0 Å². The number of anilines is 1. The lowest BCUT2D eigenvalue weighted by molar-refractivity contribution is -0.138. The van der Waals surface area contributed by atoms with Gasteiger partial charge in [0.1, 0.15) is 5.75 Å². The summed E-state index contributed by atoms with van der Waals surface area (Å²) in [4.78, 5) is 10.8. The lowest BCUT2D eigenvalue weighted by atomic mass is 10.1. The molecule has 0 aliphatic carbocycles. The molecule has 0 aliphatic rings. The molecule has 0 saturated carbocycles. The molecule has 2 rings (SSSR count). The first kappa shape index (κ1) is 19.6. The topological polar surface area (TPSA) is 104 Å². The molecular weight excluding hydrogens is 375 g/mol. The zero-order valence-corrected chi connectivity index (χ0v) is 14.4. The number of phenolic OH excluding ortho intramolecular Hbond substituents is 1. The molecule has 0 aliphatic heterocycles. The van der Waals surface area contributed by atoms with Crippen LogP contribution in [0.2, 0.25) is 0 Å². The lowest BCUT2D eigenvalue weighted by Crippen LogP contribution is -2.16. The smallest absolute Gasteiger partial charge is 0.420 e. The third kappa shape index (κ3) is 3.90. The second-order valence-electron chi connectivity index (χ2n) is 5.56. The normalized spacial score (nSPS) is 12.0. The summed E-state index contributed by atoms with van der Waals surface area (Å²) in [7, 11) is -4.36. The van der Waals surface area contributed by atoms with Crippen molar-refractivity contribution in [2.75, 3.05) is 4.72 Å². The van der Waals surface area contributed by atoms with Gasteiger partial charge in [-0.05, 0) is 55.3 Å². The summed E-state index contributed by atoms with van der Waals surface area (Å²) in [5.74, 6) is -2.38. The molecule has 26 heavy (non-hydrogen) atoms. The number of benzene rings is 2. The van der Waals surface area contributed by atoms with Crippen LogP contribution >= 0.6 is 0 Å². The molecule has 0 amide bonds. The molecule has 0 fully saturated rings. The Bertz CT molecular complexity index is 984. The van der Waals surface area contributed by atoms with E-state index in [0.29, 0.717) is 17.7 Å². The molecule has 2 aromatic rings. The summed E-state index contributed by atoms with van der Waals surface area (Å²) < 4.78 is 65.6. The standard InChI is InChI=1S/C16H14F3NO5S/c1-8-5-10(15(22)23)6-14(9(8)2)26(24,25)20-11-3-4-13(21)12(7-11)16(17,18)19/h3-7,20-21H,1-2H3,(H,22,23). The van der Waals surface area contributed by atoms with Crippen LogP contribution in [0.3, 0.4) is 0 Å². The average molecular weight is 389 g/mol. The molecule has 0 atom stereocenters. The number of alkyl halides is 3. The zero-order valence-electron chi connectivity index (χ0n) is 13.5. The fourth-order valence-corrected chi connectivity index (χ4v) is 3.66. The van der Waals surface area contributed by atoms with E-state index in [2.05, 4.69) is 0 Å². The van der Waals surface area contributed by atoms with Crippen LogP contribution in [-0.4, -0.2) is 24.6 Å². The van der Waals surface area contributed by atoms with Gasteiger partial charge in [0.15, 0.2) is 0 Å². The van der Waals surface area contributed by atoms with E-state index in [1.165, 1.54) is 19.9 Å². The van der Waals surface area contributed by atoms with Gasteiger partial charge >= 0.3 is 12.1 Å². The van der Waals surface area contributed by atoms with E-state index in [-0.39, 0.29) is 16.0 Å². The maximum absolute atomic E-state index is 12.8. The first-order chi connectivity index (χ1) is 11.8. The summed E-state index contributed by atoms with van der Waals surface area (Å²) in [5.41, 5.74) is -1.43. The number of sulfonamides is 1. The van der Waals surface area contributed by atoms with Crippen molar-refractivity contribution in [2.24, 2.45) is 0 Å². The van der Waals surface area contributed by atoms with E-state index in [1.54, 1.807) is 0 Å². The molecule has 3 N–H and O–H groups in total. The predicted octanol–water partition coefficient (Wildman–Crippen LogP) is 3.53. The van der Waals surface area contributed by atoms with Crippen LogP contribution in [0.25, 0.3) is 0 Å². The van der Waals surface area contributed by atoms with Crippen molar-refractivity contribution in [1.82, 2.24) is 0 Å². The van der Waals surface area contributed by atoms with Crippen LogP contribution in [0, 0.1) is 13.8 Å². The molecule has 0 radical (unpaired) electrons. The third-order valence-electron chi connectivity index (χ3n) is 3.71. The van der Waals surface area contributed by atoms with Gasteiger partial charge in [-0.25, -0.2) is 13.2 Å². The van der Waals surface area contributed by atoms with Gasteiger partial charge in [-0.15, -0.1) is 0 Å². The molecule has 0 spiro atoms. The summed E-state index contributed by atoms with van der Waals surface area (Å²) in [6.07, 6.45) is -4.87. The van der Waals surface area contributed by atoms with E-state index in [0.717, 1.165) is 12.1 Å². The molecular formula is C16H14F3NO5S. The highest BCUT2D eigenvalue weighted by Gasteiger charge is 2.34. The largest absolute Gasteiger partial charge is 0.507 e. The predicted molar refractivity (Wildman–Crippen MR) is 86.8 cm³/mol. The van der Waals surface area contributed by atoms with Gasteiger partial charge in [-0.2, -0.15) is 13.2 Å². The Labute approximate surface area is 147 Å². The number of hydrogen-bond donors (Lipinski definition) is 3. The van der Waals surface area contributed by atoms with Crippen molar-refractivity contribution in [3.8, 4) is 5.75 Å². The number of phenols is 1. The molecule has 10 heteroatoms. The van der Waals surface area contributed by atoms with Gasteiger partial charge in [0.2, 0.25) is 0 Å². The average Bonchev–Trinajstić information content (AvgIpc) is 2.50.